The number of nitrogens with one attached hydrogen (secondary N) is 2. The minimum absolute atomic E-state index is 0.236. The maximum Gasteiger partial charge on any atom is 0.219 e. The molecule has 2 amide bonds. The molecule has 1 aliphatic carbocycles. The fraction of sp³-hybridized carbons (Fsp3) is 0.957. The Labute approximate surface area is 325 Å². The van der Waals surface area contributed by atoms with E-state index in [2.05, 4.69) is 62.5 Å². The molecular weight excluding hydrogens is 641 g/mol. The third kappa shape index (κ3) is 27.4. The maximum atomic E-state index is 12.2. The van der Waals surface area contributed by atoms with Crippen molar-refractivity contribution in [2.75, 3.05) is 54.4 Å². The number of carbonyl (C=O) groups is 2. The molecule has 0 aromatic carbocycles. The van der Waals surface area contributed by atoms with Gasteiger partial charge in [0.15, 0.2) is 0 Å². The monoisotopic (exact) mass is 733 g/mol. The van der Waals surface area contributed by atoms with E-state index in [-0.39, 0.29) is 11.8 Å². The fourth-order valence-electron chi connectivity index (χ4n) is 9.01. The highest BCUT2D eigenvalue weighted by atomic mass is 16.2. The van der Waals surface area contributed by atoms with Gasteiger partial charge in [0.25, 0.3) is 0 Å². The van der Waals surface area contributed by atoms with Gasteiger partial charge >= 0.3 is 0 Å². The first-order valence-electron chi connectivity index (χ1n) is 23.1. The lowest BCUT2D eigenvalue weighted by Crippen LogP contribution is -2.35. The van der Waals surface area contributed by atoms with Crippen LogP contribution in [0.25, 0.3) is 0 Å². The Hall–Kier alpha value is -1.14. The summed E-state index contributed by atoms with van der Waals surface area (Å²) in [5.41, 5.74) is 0. The normalized spacial score (nSPS) is 19.1. The molecule has 0 radical (unpaired) electrons. The van der Waals surface area contributed by atoms with Crippen LogP contribution in [0.5, 0.6) is 0 Å². The van der Waals surface area contributed by atoms with Crippen molar-refractivity contribution in [2.24, 2.45) is 23.7 Å². The summed E-state index contributed by atoms with van der Waals surface area (Å²) < 4.78 is 0. The van der Waals surface area contributed by atoms with Crippen LogP contribution in [-0.4, -0.2) is 76.0 Å². The fourth-order valence-corrected chi connectivity index (χ4v) is 9.01. The van der Waals surface area contributed by atoms with Crippen molar-refractivity contribution < 1.29 is 9.59 Å². The Morgan fingerprint density at radius 2 is 0.769 bits per heavy atom. The van der Waals surface area contributed by atoms with E-state index in [9.17, 15) is 9.59 Å². The van der Waals surface area contributed by atoms with Gasteiger partial charge in [0.1, 0.15) is 0 Å². The number of hydrogen-bond acceptors (Lipinski definition) is 4. The van der Waals surface area contributed by atoms with Crippen LogP contribution in [0.4, 0.5) is 0 Å². The summed E-state index contributed by atoms with van der Waals surface area (Å²) in [5.74, 6) is 4.29. The van der Waals surface area contributed by atoms with Crippen LogP contribution in [0.1, 0.15) is 206 Å². The minimum Gasteiger partial charge on any atom is -0.356 e. The Balaban J connectivity index is 2.52. The van der Waals surface area contributed by atoms with E-state index in [4.69, 9.17) is 0 Å². The molecule has 1 fully saturated rings. The largest absolute Gasteiger partial charge is 0.356 e. The Morgan fingerprint density at radius 1 is 0.442 bits per heavy atom. The number of rotatable bonds is 36. The van der Waals surface area contributed by atoms with Crippen LogP contribution in [-0.2, 0) is 9.59 Å². The van der Waals surface area contributed by atoms with Crippen LogP contribution >= 0.6 is 0 Å². The van der Waals surface area contributed by atoms with E-state index in [0.29, 0.717) is 12.8 Å². The predicted octanol–water partition coefficient (Wildman–Crippen LogP) is 11.6. The lowest BCUT2D eigenvalue weighted by atomic mass is 9.61. The molecule has 6 heteroatoms. The summed E-state index contributed by atoms with van der Waals surface area (Å²) in [6.45, 7) is 8.36. The molecule has 0 aromatic rings. The average Bonchev–Trinajstić information content (AvgIpc) is 3.12. The molecule has 1 rings (SSSR count). The van der Waals surface area contributed by atoms with Gasteiger partial charge in [-0.05, 0) is 116 Å². The number of nitrogens with zero attached hydrogens (tertiary/aromatic N) is 2. The molecule has 0 aliphatic heterocycles. The lowest BCUT2D eigenvalue weighted by Gasteiger charge is -2.44. The third-order valence-corrected chi connectivity index (χ3v) is 12.1. The highest BCUT2D eigenvalue weighted by molar-refractivity contribution is 5.76. The second kappa shape index (κ2) is 34.4. The zero-order valence-corrected chi connectivity index (χ0v) is 36.1. The van der Waals surface area contributed by atoms with Crippen molar-refractivity contribution >= 4 is 11.8 Å². The van der Waals surface area contributed by atoms with E-state index in [1.165, 1.54) is 154 Å². The molecule has 0 aromatic heterocycles. The molecule has 6 nitrogen and oxygen atoms in total. The Bertz CT molecular complexity index is 818. The quantitative estimate of drug-likeness (QED) is 0.0630. The number of hydrogen-bond donors (Lipinski definition) is 2. The van der Waals surface area contributed by atoms with Gasteiger partial charge in [-0.2, -0.15) is 0 Å². The smallest absolute Gasteiger partial charge is 0.219 e. The van der Waals surface area contributed by atoms with Crippen LogP contribution < -0.4 is 10.6 Å². The molecule has 1 aliphatic rings. The molecule has 4 atom stereocenters. The summed E-state index contributed by atoms with van der Waals surface area (Å²) in [6.07, 6.45) is 38.8. The van der Waals surface area contributed by atoms with Gasteiger partial charge in [-0.25, -0.2) is 0 Å². The van der Waals surface area contributed by atoms with Gasteiger partial charge in [0.05, 0.1) is 0 Å². The Morgan fingerprint density at radius 3 is 1.13 bits per heavy atom. The molecule has 4 unspecified atom stereocenters. The van der Waals surface area contributed by atoms with Crippen molar-refractivity contribution in [1.29, 1.82) is 0 Å². The second-order valence-electron chi connectivity index (χ2n) is 17.5. The second-order valence-corrected chi connectivity index (χ2v) is 17.5. The van der Waals surface area contributed by atoms with Gasteiger partial charge in [-0.15, -0.1) is 0 Å². The number of unbranched alkanes of at least 4 members (excludes halogenated alkanes) is 16. The van der Waals surface area contributed by atoms with Crippen LogP contribution in [0, 0.1) is 23.7 Å². The summed E-state index contributed by atoms with van der Waals surface area (Å²) in [5, 5.41) is 6.20. The van der Waals surface area contributed by atoms with Gasteiger partial charge in [0, 0.05) is 25.9 Å². The molecule has 0 saturated heterocycles. The number of amides is 2. The SMILES string of the molecule is CCCCCCC1CCC(CCCCCCCC(=O)NCCCN(C)C)C(CCCCCCCCCC(=O)NCCCN(C)C)C1CCCCCC. The standard InChI is InChI=1S/C46H92N4O2/c1-7-9-11-21-29-41-35-36-42(30-22-17-16-20-26-34-46(52)48-38-28-40-50(5)6)44(43(41)31-23-12-10-8-2)32-24-18-14-13-15-19-25-33-45(51)47-37-27-39-49(3)4/h41-44H,7-40H2,1-6H3,(H,47,51)(H,48,52). The Kier molecular flexibility index (Phi) is 32.3. The lowest BCUT2D eigenvalue weighted by molar-refractivity contribution is -0.122. The highest BCUT2D eigenvalue weighted by Crippen LogP contribution is 2.47. The first-order valence-corrected chi connectivity index (χ1v) is 23.1. The summed E-state index contributed by atoms with van der Waals surface area (Å²) in [6, 6.07) is 0. The molecule has 0 heterocycles. The first kappa shape index (κ1) is 48.9. The summed E-state index contributed by atoms with van der Waals surface area (Å²) >= 11 is 0. The molecule has 0 bridgehead atoms. The zero-order valence-electron chi connectivity index (χ0n) is 36.1. The summed E-state index contributed by atoms with van der Waals surface area (Å²) in [7, 11) is 8.33. The minimum atomic E-state index is 0.236. The van der Waals surface area contributed by atoms with Gasteiger partial charge in [0.2, 0.25) is 11.8 Å². The third-order valence-electron chi connectivity index (χ3n) is 12.1. The van der Waals surface area contributed by atoms with E-state index in [1.54, 1.807) is 0 Å². The average molecular weight is 733 g/mol. The van der Waals surface area contributed by atoms with Crippen molar-refractivity contribution in [3.05, 3.63) is 0 Å². The van der Waals surface area contributed by atoms with Crippen molar-refractivity contribution in [1.82, 2.24) is 20.4 Å². The maximum absolute atomic E-state index is 12.2. The molecule has 52 heavy (non-hydrogen) atoms. The first-order chi connectivity index (χ1) is 25.3. The van der Waals surface area contributed by atoms with Crippen molar-refractivity contribution in [3.8, 4) is 0 Å². The molecular formula is C46H92N4O2. The molecule has 1 saturated carbocycles. The molecule has 2 N–H and O–H groups in total. The van der Waals surface area contributed by atoms with Crippen LogP contribution in [0.15, 0.2) is 0 Å². The van der Waals surface area contributed by atoms with Crippen LogP contribution in [0.2, 0.25) is 0 Å². The van der Waals surface area contributed by atoms with Crippen molar-refractivity contribution in [2.45, 2.75) is 206 Å². The van der Waals surface area contributed by atoms with E-state index >= 15 is 0 Å². The van der Waals surface area contributed by atoms with Gasteiger partial charge in [-0.1, -0.05) is 142 Å². The topological polar surface area (TPSA) is 64.7 Å². The van der Waals surface area contributed by atoms with E-state index < -0.39 is 0 Å². The van der Waals surface area contributed by atoms with E-state index in [0.717, 1.165) is 75.5 Å². The van der Waals surface area contributed by atoms with E-state index in [1.807, 2.05) is 0 Å². The summed E-state index contributed by atoms with van der Waals surface area (Å²) in [4.78, 5) is 28.7. The zero-order chi connectivity index (χ0) is 38.1. The number of carbonyl (C=O) groups excluding carboxylic acids is 2. The predicted molar refractivity (Wildman–Crippen MR) is 227 cm³/mol. The molecule has 308 valence electrons. The van der Waals surface area contributed by atoms with Crippen LogP contribution in [0.3, 0.4) is 0 Å². The highest BCUT2D eigenvalue weighted by Gasteiger charge is 2.37. The van der Waals surface area contributed by atoms with Gasteiger partial charge in [-0.3, -0.25) is 9.59 Å². The van der Waals surface area contributed by atoms with Gasteiger partial charge < -0.3 is 20.4 Å². The molecule has 0 spiro atoms. The van der Waals surface area contributed by atoms with Crippen molar-refractivity contribution in [3.63, 3.8) is 0 Å².